The van der Waals surface area contributed by atoms with E-state index in [4.69, 9.17) is 9.72 Å². The maximum atomic E-state index is 11.4. The van der Waals surface area contributed by atoms with Gasteiger partial charge in [-0.15, -0.1) is 11.3 Å². The quantitative estimate of drug-likeness (QED) is 0.423. The van der Waals surface area contributed by atoms with Gasteiger partial charge in [0.15, 0.2) is 0 Å². The SMILES string of the molecule is CCN(CC)Cc1nc(Oc2ccc(C)nc2[N+](=O)[O-])c2c(C)c(C)sc2n1. The number of rotatable bonds is 7. The molecule has 0 amide bonds. The molecule has 0 fully saturated rings. The number of ether oxygens (including phenoxy) is 1. The molecule has 3 heterocycles. The van der Waals surface area contributed by atoms with Gasteiger partial charge in [-0.1, -0.05) is 13.8 Å². The Morgan fingerprint density at radius 2 is 1.86 bits per heavy atom. The first-order chi connectivity index (χ1) is 13.3. The molecule has 3 aromatic rings. The first-order valence-corrected chi connectivity index (χ1v) is 9.94. The molecule has 3 rings (SSSR count). The second kappa shape index (κ2) is 8.15. The predicted octanol–water partition coefficient (Wildman–Crippen LogP) is 4.55. The van der Waals surface area contributed by atoms with Crippen LogP contribution >= 0.6 is 11.3 Å². The molecule has 0 atom stereocenters. The summed E-state index contributed by atoms with van der Waals surface area (Å²) in [6, 6.07) is 3.25. The molecule has 148 valence electrons. The van der Waals surface area contributed by atoms with Gasteiger partial charge in [0, 0.05) is 11.8 Å². The lowest BCUT2D eigenvalue weighted by Gasteiger charge is -2.17. The van der Waals surface area contributed by atoms with E-state index in [1.807, 2.05) is 13.8 Å². The van der Waals surface area contributed by atoms with E-state index in [1.54, 1.807) is 30.4 Å². The smallest absolute Gasteiger partial charge is 0.407 e. The highest BCUT2D eigenvalue weighted by Gasteiger charge is 2.22. The number of hydrogen-bond donors (Lipinski definition) is 0. The number of aryl methyl sites for hydroxylation is 3. The molecule has 0 aromatic carbocycles. The maximum Gasteiger partial charge on any atom is 0.407 e. The van der Waals surface area contributed by atoms with Crippen LogP contribution in [0.1, 0.15) is 35.8 Å². The predicted molar refractivity (Wildman–Crippen MR) is 109 cm³/mol. The van der Waals surface area contributed by atoms with Gasteiger partial charge in [0.2, 0.25) is 11.6 Å². The first-order valence-electron chi connectivity index (χ1n) is 9.12. The normalized spacial score (nSPS) is 11.4. The summed E-state index contributed by atoms with van der Waals surface area (Å²) in [6.07, 6.45) is 0. The number of fused-ring (bicyclic) bond motifs is 1. The number of pyridine rings is 1. The van der Waals surface area contributed by atoms with Crippen molar-refractivity contribution in [2.45, 2.75) is 41.2 Å². The topological polar surface area (TPSA) is 94.3 Å². The Kier molecular flexibility index (Phi) is 5.85. The molecule has 28 heavy (non-hydrogen) atoms. The lowest BCUT2D eigenvalue weighted by Crippen LogP contribution is -2.23. The fraction of sp³-hybridized carbons (Fsp3) is 0.421. The standard InChI is InChI=1S/C19H23N5O3S/c1-6-23(7-2)10-15-21-18(16-12(4)13(5)28-19(16)22-15)27-14-9-8-11(3)20-17(14)24(25)26/h8-9H,6-7,10H2,1-5H3. The van der Waals surface area contributed by atoms with Crippen LogP contribution in [-0.2, 0) is 6.54 Å². The third-order valence-electron chi connectivity index (χ3n) is 4.66. The van der Waals surface area contributed by atoms with Crippen LogP contribution in [0.25, 0.3) is 10.2 Å². The molecule has 8 nitrogen and oxygen atoms in total. The van der Waals surface area contributed by atoms with Gasteiger partial charge >= 0.3 is 5.82 Å². The lowest BCUT2D eigenvalue weighted by molar-refractivity contribution is -0.390. The molecule has 9 heteroatoms. The molecule has 0 aliphatic heterocycles. The van der Waals surface area contributed by atoms with Crippen LogP contribution < -0.4 is 4.74 Å². The van der Waals surface area contributed by atoms with Crippen LogP contribution in [0.3, 0.4) is 0 Å². The average molecular weight is 401 g/mol. The number of nitro groups is 1. The van der Waals surface area contributed by atoms with Crippen molar-refractivity contribution < 1.29 is 9.66 Å². The Morgan fingerprint density at radius 3 is 2.50 bits per heavy atom. The zero-order valence-corrected chi connectivity index (χ0v) is 17.5. The summed E-state index contributed by atoms with van der Waals surface area (Å²) in [5.41, 5.74) is 1.57. The highest BCUT2D eigenvalue weighted by atomic mass is 32.1. The van der Waals surface area contributed by atoms with Crippen molar-refractivity contribution in [1.29, 1.82) is 0 Å². The Bertz CT molecular complexity index is 1030. The second-order valence-electron chi connectivity index (χ2n) is 6.50. The third kappa shape index (κ3) is 3.95. The fourth-order valence-electron chi connectivity index (χ4n) is 2.89. The minimum atomic E-state index is -0.538. The molecule has 0 N–H and O–H groups in total. The van der Waals surface area contributed by atoms with E-state index in [9.17, 15) is 10.1 Å². The molecule has 0 aliphatic rings. The van der Waals surface area contributed by atoms with Crippen LogP contribution in [-0.4, -0.2) is 37.9 Å². The van der Waals surface area contributed by atoms with Crippen molar-refractivity contribution in [3.05, 3.63) is 44.2 Å². The van der Waals surface area contributed by atoms with Gasteiger partial charge in [-0.25, -0.2) is 4.98 Å². The largest absolute Gasteiger partial charge is 0.429 e. The van der Waals surface area contributed by atoms with Crippen molar-refractivity contribution in [1.82, 2.24) is 19.9 Å². The van der Waals surface area contributed by atoms with Crippen molar-refractivity contribution in [2.24, 2.45) is 0 Å². The highest BCUT2D eigenvalue weighted by Crippen LogP contribution is 2.38. The van der Waals surface area contributed by atoms with Crippen molar-refractivity contribution >= 4 is 27.4 Å². The molecule has 0 saturated heterocycles. The van der Waals surface area contributed by atoms with Crippen LogP contribution in [0.4, 0.5) is 5.82 Å². The molecule has 3 aromatic heterocycles. The van der Waals surface area contributed by atoms with Gasteiger partial charge in [-0.3, -0.25) is 4.90 Å². The van der Waals surface area contributed by atoms with Crippen molar-refractivity contribution in [3.8, 4) is 11.6 Å². The number of thiophene rings is 1. The Hall–Kier alpha value is -2.65. The van der Waals surface area contributed by atoms with Crippen LogP contribution in [0.2, 0.25) is 0 Å². The third-order valence-corrected chi connectivity index (χ3v) is 5.76. The highest BCUT2D eigenvalue weighted by molar-refractivity contribution is 7.18. The summed E-state index contributed by atoms with van der Waals surface area (Å²) in [5.74, 6) is 0.729. The second-order valence-corrected chi connectivity index (χ2v) is 7.71. The number of aromatic nitrogens is 3. The van der Waals surface area contributed by atoms with Crippen LogP contribution in [0.5, 0.6) is 11.6 Å². The number of hydrogen-bond acceptors (Lipinski definition) is 8. The van der Waals surface area contributed by atoms with Crippen molar-refractivity contribution in [3.63, 3.8) is 0 Å². The summed E-state index contributed by atoms with van der Waals surface area (Å²) in [4.78, 5) is 28.3. The minimum absolute atomic E-state index is 0.0765. The summed E-state index contributed by atoms with van der Waals surface area (Å²) >= 11 is 1.57. The van der Waals surface area contributed by atoms with Gasteiger partial charge in [-0.2, -0.15) is 4.98 Å². The Balaban J connectivity index is 2.12. The zero-order chi connectivity index (χ0) is 20.4. The van der Waals surface area contributed by atoms with E-state index in [2.05, 4.69) is 28.7 Å². The molecule has 0 aliphatic carbocycles. The number of nitrogens with zero attached hydrogens (tertiary/aromatic N) is 5. The molecular formula is C19H23N5O3S. The van der Waals surface area contributed by atoms with E-state index < -0.39 is 4.92 Å². The van der Waals surface area contributed by atoms with E-state index >= 15 is 0 Å². The molecule has 0 saturated carbocycles. The molecule has 0 radical (unpaired) electrons. The zero-order valence-electron chi connectivity index (χ0n) is 16.6. The van der Waals surface area contributed by atoms with Gasteiger partial charge < -0.3 is 14.9 Å². The van der Waals surface area contributed by atoms with Gasteiger partial charge in [0.05, 0.1) is 11.9 Å². The van der Waals surface area contributed by atoms with Crippen molar-refractivity contribution in [2.75, 3.05) is 13.1 Å². The van der Waals surface area contributed by atoms with Gasteiger partial charge in [0.1, 0.15) is 16.3 Å². The van der Waals surface area contributed by atoms with Gasteiger partial charge in [-0.05, 0) is 54.5 Å². The summed E-state index contributed by atoms with van der Waals surface area (Å²) in [7, 11) is 0. The Morgan fingerprint density at radius 1 is 1.14 bits per heavy atom. The molecular weight excluding hydrogens is 378 g/mol. The maximum absolute atomic E-state index is 11.4. The summed E-state index contributed by atoms with van der Waals surface area (Å²) < 4.78 is 5.96. The summed E-state index contributed by atoms with van der Waals surface area (Å²) in [5, 5.41) is 12.2. The molecule has 0 spiro atoms. The summed E-state index contributed by atoms with van der Waals surface area (Å²) in [6.45, 7) is 12.2. The molecule has 0 unspecified atom stereocenters. The van der Waals surface area contributed by atoms with Gasteiger partial charge in [0.25, 0.3) is 0 Å². The van der Waals surface area contributed by atoms with E-state index in [1.165, 1.54) is 0 Å². The van der Waals surface area contributed by atoms with Crippen LogP contribution in [0.15, 0.2) is 12.1 Å². The molecule has 0 bridgehead atoms. The van der Waals surface area contributed by atoms with Crippen LogP contribution in [0, 0.1) is 30.9 Å². The van der Waals surface area contributed by atoms with E-state index in [0.29, 0.717) is 23.9 Å². The van der Waals surface area contributed by atoms with E-state index in [-0.39, 0.29) is 11.6 Å². The van der Waals surface area contributed by atoms with E-state index in [0.717, 1.165) is 33.7 Å². The Labute approximate surface area is 167 Å². The fourth-order valence-corrected chi connectivity index (χ4v) is 3.93. The minimum Gasteiger partial charge on any atom is -0.429 e. The lowest BCUT2D eigenvalue weighted by atomic mass is 10.2. The monoisotopic (exact) mass is 401 g/mol. The average Bonchev–Trinajstić information content (AvgIpc) is 2.95. The first kappa shape index (κ1) is 20.1.